The van der Waals surface area contributed by atoms with Crippen LogP contribution in [0.25, 0.3) is 0 Å². The molecule has 2 aromatic carbocycles. The van der Waals surface area contributed by atoms with E-state index in [-0.39, 0.29) is 6.54 Å². The Labute approximate surface area is 175 Å². The van der Waals surface area contributed by atoms with Crippen LogP contribution in [0.1, 0.15) is 42.3 Å². The second-order valence-electron chi connectivity index (χ2n) is 7.99. The number of benzene rings is 2. The molecule has 0 aromatic heterocycles. The Morgan fingerprint density at radius 2 is 1.93 bits per heavy atom. The van der Waals surface area contributed by atoms with Crippen molar-refractivity contribution in [2.45, 2.75) is 44.2 Å². The fourth-order valence-corrected chi connectivity index (χ4v) is 4.02. The van der Waals surface area contributed by atoms with Crippen molar-refractivity contribution in [2.24, 2.45) is 5.73 Å². The van der Waals surface area contributed by atoms with Crippen LogP contribution in [0.15, 0.2) is 41.3 Å². The fourth-order valence-electron chi connectivity index (χ4n) is 2.97. The zero-order chi connectivity index (χ0) is 21.2. The van der Waals surface area contributed by atoms with E-state index in [1.165, 1.54) is 15.4 Å². The van der Waals surface area contributed by atoms with Gasteiger partial charge in [0.05, 0.1) is 6.54 Å². The average molecular weight is 415 g/mol. The first-order valence-electron chi connectivity index (χ1n) is 9.43. The Bertz CT molecular complexity index is 937. The lowest BCUT2D eigenvalue weighted by Gasteiger charge is -2.25. The predicted molar refractivity (Wildman–Crippen MR) is 114 cm³/mol. The minimum atomic E-state index is -0.595. The average Bonchev–Trinajstić information content (AvgIpc) is 3.09. The minimum absolute atomic E-state index is 0.214. The van der Waals surface area contributed by atoms with Crippen LogP contribution in [0.2, 0.25) is 0 Å². The molecule has 0 aliphatic carbocycles. The van der Waals surface area contributed by atoms with Crippen LogP contribution in [0.5, 0.6) is 11.5 Å². The highest BCUT2D eigenvalue weighted by molar-refractivity contribution is 7.99. The van der Waals surface area contributed by atoms with Gasteiger partial charge in [-0.2, -0.15) is 0 Å². The summed E-state index contributed by atoms with van der Waals surface area (Å²) in [5.41, 5.74) is 7.14. The van der Waals surface area contributed by atoms with E-state index in [9.17, 15) is 9.59 Å². The van der Waals surface area contributed by atoms with Crippen LogP contribution in [-0.2, 0) is 17.7 Å². The van der Waals surface area contributed by atoms with Crippen molar-refractivity contribution in [3.05, 3.63) is 53.1 Å². The number of ether oxygens (including phenoxy) is 2. The van der Waals surface area contributed by atoms with Crippen molar-refractivity contribution in [3.63, 3.8) is 0 Å². The number of hydrogen-bond acceptors (Lipinski definition) is 5. The molecule has 3 rings (SSSR count). The Morgan fingerprint density at radius 1 is 1.17 bits per heavy atom. The maximum atomic E-state index is 12.3. The number of carbonyl (C=O) groups is 2. The van der Waals surface area contributed by atoms with Crippen LogP contribution in [0.4, 0.5) is 4.79 Å². The van der Waals surface area contributed by atoms with Gasteiger partial charge in [-0.1, -0.05) is 0 Å². The van der Waals surface area contributed by atoms with Crippen molar-refractivity contribution in [2.75, 3.05) is 12.8 Å². The van der Waals surface area contributed by atoms with Gasteiger partial charge in [-0.3, -0.25) is 4.79 Å². The second kappa shape index (κ2) is 8.37. The van der Waals surface area contributed by atoms with E-state index in [1.54, 1.807) is 25.2 Å². The number of carbonyl (C=O) groups excluding carboxylic acids is 2. The maximum absolute atomic E-state index is 12.3. The largest absolute Gasteiger partial charge is 0.457 e. The lowest BCUT2D eigenvalue weighted by molar-refractivity contribution is 0.0284. The van der Waals surface area contributed by atoms with Crippen molar-refractivity contribution in [3.8, 4) is 11.5 Å². The maximum Gasteiger partial charge on any atom is 0.410 e. The number of nitrogens with zero attached hydrogens (tertiary/aromatic N) is 1. The van der Waals surface area contributed by atoms with Gasteiger partial charge in [0.1, 0.15) is 17.1 Å². The molecule has 0 unspecified atom stereocenters. The van der Waals surface area contributed by atoms with Gasteiger partial charge in [0, 0.05) is 28.8 Å². The molecule has 0 fully saturated rings. The molecule has 0 saturated carbocycles. The molecular formula is C22H26N2O4S. The van der Waals surface area contributed by atoms with Crippen molar-refractivity contribution < 1.29 is 19.1 Å². The number of rotatable bonds is 5. The summed E-state index contributed by atoms with van der Waals surface area (Å²) in [5, 5.41) is 0. The number of nitrogens with two attached hydrogens (primary N) is 1. The number of amides is 2. The third-order valence-electron chi connectivity index (χ3n) is 4.35. The number of thioether (sulfide) groups is 1. The normalized spacial score (nSPS) is 13.0. The SMILES string of the molecule is CN(Cc1cc(C(N)=O)ccc1Oc1ccc2c(c1)CCS2)C(=O)OC(C)(C)C. The van der Waals surface area contributed by atoms with Gasteiger partial charge < -0.3 is 20.1 Å². The van der Waals surface area contributed by atoms with Crippen LogP contribution >= 0.6 is 11.8 Å². The lowest BCUT2D eigenvalue weighted by Crippen LogP contribution is -2.34. The summed E-state index contributed by atoms with van der Waals surface area (Å²) in [6, 6.07) is 11.0. The lowest BCUT2D eigenvalue weighted by atomic mass is 10.1. The fraction of sp³-hybridized carbons (Fsp3) is 0.364. The first kappa shape index (κ1) is 21.0. The summed E-state index contributed by atoms with van der Waals surface area (Å²) in [5.74, 6) is 1.83. The zero-order valence-corrected chi connectivity index (χ0v) is 18.0. The second-order valence-corrected chi connectivity index (χ2v) is 9.13. The van der Waals surface area contributed by atoms with Crippen molar-refractivity contribution in [1.29, 1.82) is 0 Å². The highest BCUT2D eigenvalue weighted by atomic mass is 32.2. The van der Waals surface area contributed by atoms with E-state index in [2.05, 4.69) is 6.07 Å². The first-order valence-corrected chi connectivity index (χ1v) is 10.4. The summed E-state index contributed by atoms with van der Waals surface area (Å²) in [7, 11) is 1.64. The molecule has 0 spiro atoms. The van der Waals surface area contributed by atoms with Crippen LogP contribution in [-0.4, -0.2) is 35.3 Å². The van der Waals surface area contributed by atoms with Gasteiger partial charge in [-0.25, -0.2) is 4.79 Å². The number of fused-ring (bicyclic) bond motifs is 1. The van der Waals surface area contributed by atoms with E-state index in [1.807, 2.05) is 44.7 Å². The summed E-state index contributed by atoms with van der Waals surface area (Å²) >= 11 is 1.84. The van der Waals surface area contributed by atoms with Gasteiger partial charge >= 0.3 is 6.09 Å². The van der Waals surface area contributed by atoms with Crippen LogP contribution in [0.3, 0.4) is 0 Å². The Kier molecular flexibility index (Phi) is 6.07. The number of aryl methyl sites for hydroxylation is 1. The molecule has 29 heavy (non-hydrogen) atoms. The Morgan fingerprint density at radius 3 is 2.62 bits per heavy atom. The molecule has 1 heterocycles. The molecule has 2 aromatic rings. The third-order valence-corrected chi connectivity index (χ3v) is 5.46. The number of hydrogen-bond donors (Lipinski definition) is 1. The topological polar surface area (TPSA) is 81.9 Å². The first-order chi connectivity index (χ1) is 13.6. The van der Waals surface area contributed by atoms with E-state index >= 15 is 0 Å². The van der Waals surface area contributed by atoms with E-state index in [4.69, 9.17) is 15.2 Å². The molecular weight excluding hydrogens is 388 g/mol. The van der Waals surface area contributed by atoms with Crippen LogP contribution in [0, 0.1) is 0 Å². The highest BCUT2D eigenvalue weighted by Gasteiger charge is 2.21. The summed E-state index contributed by atoms with van der Waals surface area (Å²) < 4.78 is 11.5. The summed E-state index contributed by atoms with van der Waals surface area (Å²) in [4.78, 5) is 26.7. The quantitative estimate of drug-likeness (QED) is 0.774. The molecule has 0 radical (unpaired) electrons. The standard InChI is InChI=1S/C22H26N2O4S/c1-22(2,3)28-21(26)24(4)13-16-11-15(20(23)25)5-7-18(16)27-17-6-8-19-14(12-17)9-10-29-19/h5-8,11-12H,9-10,13H2,1-4H3,(H2,23,25). The minimum Gasteiger partial charge on any atom is -0.457 e. The van der Waals surface area contributed by atoms with E-state index in [0.717, 1.165) is 17.9 Å². The van der Waals surface area contributed by atoms with Crippen LogP contribution < -0.4 is 10.5 Å². The third kappa shape index (κ3) is 5.44. The van der Waals surface area contributed by atoms with Crippen molar-refractivity contribution >= 4 is 23.8 Å². The van der Waals surface area contributed by atoms with Crippen molar-refractivity contribution in [1.82, 2.24) is 4.90 Å². The monoisotopic (exact) mass is 414 g/mol. The predicted octanol–water partition coefficient (Wildman–Crippen LogP) is 4.59. The smallest absolute Gasteiger partial charge is 0.410 e. The van der Waals surface area contributed by atoms with Gasteiger partial charge in [0.15, 0.2) is 0 Å². The Balaban J connectivity index is 1.85. The molecule has 0 bridgehead atoms. The molecule has 154 valence electrons. The highest BCUT2D eigenvalue weighted by Crippen LogP contribution is 2.35. The molecule has 1 aliphatic rings. The summed E-state index contributed by atoms with van der Waals surface area (Å²) in [6.45, 7) is 5.65. The molecule has 0 saturated heterocycles. The van der Waals surface area contributed by atoms with Gasteiger partial charge in [-0.05, 0) is 69.2 Å². The Hall–Kier alpha value is -2.67. The van der Waals surface area contributed by atoms with E-state index in [0.29, 0.717) is 16.9 Å². The summed E-state index contributed by atoms with van der Waals surface area (Å²) in [6.07, 6.45) is 0.564. The molecule has 0 atom stereocenters. The van der Waals surface area contributed by atoms with Gasteiger partial charge in [-0.15, -0.1) is 11.8 Å². The molecule has 2 amide bonds. The number of primary amides is 1. The molecule has 6 nitrogen and oxygen atoms in total. The zero-order valence-electron chi connectivity index (χ0n) is 17.2. The molecule has 7 heteroatoms. The molecule has 2 N–H and O–H groups in total. The van der Waals surface area contributed by atoms with Gasteiger partial charge in [0.25, 0.3) is 0 Å². The molecule has 1 aliphatic heterocycles. The van der Waals surface area contributed by atoms with Gasteiger partial charge in [0.2, 0.25) is 5.91 Å². The van der Waals surface area contributed by atoms with E-state index < -0.39 is 17.6 Å².